The van der Waals surface area contributed by atoms with E-state index in [1.165, 1.54) is 0 Å². The number of carbonyl (C=O) groups is 4. The number of anilines is 1. The predicted octanol–water partition coefficient (Wildman–Crippen LogP) is 1.57. The molecule has 390 valence electrons. The zero-order chi connectivity index (χ0) is 52.3. The normalized spacial score (nSPS) is 20.2. The minimum atomic E-state index is -4.57. The Morgan fingerprint density at radius 3 is 2.11 bits per heavy atom. The summed E-state index contributed by atoms with van der Waals surface area (Å²) in [4.78, 5) is 61.0. The molecule has 0 aliphatic carbocycles. The number of benzene rings is 2. The SMILES string of the molecule is CC1(C)C=C(CS(=O)(=O)O)c2cc3c(c4c2N1CCC4)Oc1c2c4c(cc1=C3c1n(CC(=O)N3CCC(C(=O)ON5C(=O)CCC5=O)CC3)cc[n+]1CCCS(=O)(=O)O)C(CS(=O)(=O)O)=CC(C)(C)[N+]=4CCC2. The minimum absolute atomic E-state index is 0.0161. The first-order valence-corrected chi connectivity index (χ1v) is 29.3. The van der Waals surface area contributed by atoms with Crippen LogP contribution in [-0.2, 0) is 80.3 Å². The van der Waals surface area contributed by atoms with Gasteiger partial charge in [-0.1, -0.05) is 6.08 Å². The van der Waals surface area contributed by atoms with Crippen molar-refractivity contribution in [1.82, 2.24) is 19.1 Å². The maximum absolute atomic E-state index is 14.6. The number of imide groups is 1. The van der Waals surface area contributed by atoms with E-state index in [-0.39, 0.29) is 64.2 Å². The van der Waals surface area contributed by atoms with Crippen molar-refractivity contribution in [3.05, 3.63) is 80.9 Å². The van der Waals surface area contributed by atoms with Gasteiger partial charge in [0.25, 0.3) is 53.9 Å². The van der Waals surface area contributed by atoms with Crippen LogP contribution >= 0.6 is 0 Å². The fourth-order valence-corrected chi connectivity index (χ4v) is 13.8. The van der Waals surface area contributed by atoms with E-state index in [9.17, 15) is 58.1 Å². The molecule has 21 nitrogen and oxygen atoms in total. The molecule has 7 aliphatic heterocycles. The number of imidazole rings is 1. The van der Waals surface area contributed by atoms with Crippen molar-refractivity contribution < 1.29 is 72.2 Å². The highest BCUT2D eigenvalue weighted by Crippen LogP contribution is 2.52. The van der Waals surface area contributed by atoms with E-state index in [2.05, 4.69) is 9.48 Å². The van der Waals surface area contributed by atoms with Crippen LogP contribution in [0.5, 0.6) is 11.5 Å². The number of aryl methyl sites for hydroxylation is 1. The number of ether oxygens (including phenoxy) is 1. The molecule has 0 radical (unpaired) electrons. The van der Waals surface area contributed by atoms with Gasteiger partial charge in [-0.3, -0.25) is 28.0 Å². The van der Waals surface area contributed by atoms with Crippen LogP contribution in [0.2, 0.25) is 0 Å². The zero-order valence-corrected chi connectivity index (χ0v) is 43.4. The maximum Gasteiger partial charge on any atom is 0.336 e. The molecule has 1 aromatic heterocycles. The lowest BCUT2D eigenvalue weighted by molar-refractivity contribution is -0.698. The van der Waals surface area contributed by atoms with Gasteiger partial charge >= 0.3 is 5.97 Å². The van der Waals surface area contributed by atoms with Crippen LogP contribution < -0.4 is 29.4 Å². The third-order valence-corrected chi connectivity index (χ3v) is 17.2. The van der Waals surface area contributed by atoms with Crippen LogP contribution in [-0.4, -0.2) is 132 Å². The number of carbonyl (C=O) groups excluding carboxylic acids is 4. The summed E-state index contributed by atoms with van der Waals surface area (Å²) in [5, 5.41) is 1.73. The van der Waals surface area contributed by atoms with Crippen molar-refractivity contribution in [2.75, 3.05) is 48.3 Å². The zero-order valence-electron chi connectivity index (χ0n) is 40.9. The first-order chi connectivity index (χ1) is 34.2. The highest BCUT2D eigenvalue weighted by molar-refractivity contribution is 7.86. The van der Waals surface area contributed by atoms with Gasteiger partial charge in [0.1, 0.15) is 41.9 Å². The van der Waals surface area contributed by atoms with E-state index >= 15 is 0 Å². The van der Waals surface area contributed by atoms with Gasteiger partial charge in [-0.2, -0.15) is 25.3 Å². The Labute approximate surface area is 422 Å². The van der Waals surface area contributed by atoms with Crippen LogP contribution in [0.3, 0.4) is 0 Å². The van der Waals surface area contributed by atoms with Gasteiger partial charge in [-0.05, 0) is 75.3 Å². The molecule has 7 aliphatic rings. The molecule has 8 heterocycles. The van der Waals surface area contributed by atoms with E-state index in [0.29, 0.717) is 99.8 Å². The third-order valence-electron chi connectivity index (χ3n) is 15.1. The van der Waals surface area contributed by atoms with E-state index < -0.39 is 82.4 Å². The molecule has 2 saturated heterocycles. The number of hydroxylamine groups is 2. The molecule has 0 saturated carbocycles. The van der Waals surface area contributed by atoms with Gasteiger partial charge in [-0.25, -0.2) is 18.5 Å². The van der Waals surface area contributed by atoms with Crippen molar-refractivity contribution >= 4 is 76.5 Å². The molecular formula is C49H58N6O15S3+2. The van der Waals surface area contributed by atoms with Crippen molar-refractivity contribution in [2.45, 2.75) is 110 Å². The standard InChI is InChI=1S/C49H56N6O15S3/c1-48(2)24-30(27-72(63,64)65)34-22-36-41(46-51(14-7-21-71(60,61)62)19-20-52(46)26-40(58)50-17-12-29(13-18-50)47(59)70-55-38(56)10-11-39(55)57)37-23-35-31(28-73(66,67)68)25-49(3,4)54-16-6-9-33(43(35)54)45(37)69-44(36)32-8-5-15-53(48)42(32)34/h19-20,22-25,29H,5-18,21,26-28H2,1-4H3,(H-2,60,61,62,63,64,65,66,67,68)/p+2. The number of amides is 3. The molecule has 0 bridgehead atoms. The summed E-state index contributed by atoms with van der Waals surface area (Å²) in [5.41, 5.74) is 3.67. The number of aromatic nitrogens is 2. The second-order valence-corrected chi connectivity index (χ2v) is 25.5. The second-order valence-electron chi connectivity index (χ2n) is 21.1. The summed E-state index contributed by atoms with van der Waals surface area (Å²) >= 11 is 0. The van der Waals surface area contributed by atoms with E-state index in [4.69, 9.17) is 9.57 Å². The Balaban J connectivity index is 1.18. The van der Waals surface area contributed by atoms with Crippen molar-refractivity contribution in [3.63, 3.8) is 0 Å². The highest BCUT2D eigenvalue weighted by atomic mass is 32.2. The molecule has 3 amide bonds. The Morgan fingerprint density at radius 1 is 0.795 bits per heavy atom. The minimum Gasteiger partial charge on any atom is -0.455 e. The number of fused-ring (bicyclic) bond motifs is 4. The molecule has 2 fully saturated rings. The summed E-state index contributed by atoms with van der Waals surface area (Å²) < 4.78 is 119. The van der Waals surface area contributed by atoms with Gasteiger partial charge in [0.15, 0.2) is 12.1 Å². The quantitative estimate of drug-likeness (QED) is 0.0974. The highest BCUT2D eigenvalue weighted by Gasteiger charge is 2.45. The summed E-state index contributed by atoms with van der Waals surface area (Å²) in [6, 6.07) is 3.64. The molecule has 24 heteroatoms. The third kappa shape index (κ3) is 9.53. The molecule has 2 aromatic carbocycles. The Morgan fingerprint density at radius 2 is 1.45 bits per heavy atom. The molecule has 0 atom stereocenters. The predicted molar refractivity (Wildman–Crippen MR) is 263 cm³/mol. The smallest absolute Gasteiger partial charge is 0.336 e. The fourth-order valence-electron chi connectivity index (χ4n) is 12.0. The molecule has 0 unspecified atom stereocenters. The number of likely N-dealkylation sites (tertiary alicyclic amines) is 1. The number of rotatable bonds is 13. The summed E-state index contributed by atoms with van der Waals surface area (Å²) in [7, 11) is -13.6. The average Bonchev–Trinajstić information content (AvgIpc) is 3.83. The van der Waals surface area contributed by atoms with Gasteiger partial charge in [0.2, 0.25) is 5.36 Å². The van der Waals surface area contributed by atoms with Gasteiger partial charge < -0.3 is 19.4 Å². The van der Waals surface area contributed by atoms with Crippen LogP contribution in [0, 0.1) is 5.92 Å². The number of hydrogen-bond donors (Lipinski definition) is 3. The Hall–Kier alpha value is -5.79. The van der Waals surface area contributed by atoms with Crippen molar-refractivity contribution in [1.29, 1.82) is 0 Å². The largest absolute Gasteiger partial charge is 0.455 e. The average molecular weight is 1070 g/mol. The molecule has 3 aromatic rings. The summed E-state index contributed by atoms with van der Waals surface area (Å²) in [5.74, 6) is -3.63. The van der Waals surface area contributed by atoms with Crippen molar-refractivity contribution in [3.8, 4) is 11.5 Å². The van der Waals surface area contributed by atoms with Crippen LogP contribution in [0.1, 0.15) is 106 Å². The fraction of sp³-hybridized carbons (Fsp3) is 0.510. The molecule has 73 heavy (non-hydrogen) atoms. The second kappa shape index (κ2) is 18.0. The van der Waals surface area contributed by atoms with Gasteiger partial charge in [0, 0.05) is 81.1 Å². The van der Waals surface area contributed by atoms with Crippen LogP contribution in [0.25, 0.3) is 16.7 Å². The number of hydrogen-bond acceptors (Lipinski definition) is 13. The lowest BCUT2D eigenvalue weighted by Crippen LogP contribution is -2.54. The lowest BCUT2D eigenvalue weighted by Gasteiger charge is -2.47. The number of piperidine rings is 1. The topological polar surface area (TPSA) is 271 Å². The van der Waals surface area contributed by atoms with Crippen LogP contribution in [0.15, 0.2) is 36.7 Å². The lowest BCUT2D eigenvalue weighted by atomic mass is 9.80. The molecule has 0 spiro atoms. The maximum atomic E-state index is 14.6. The van der Waals surface area contributed by atoms with Gasteiger partial charge in [-0.15, -0.1) is 5.06 Å². The van der Waals surface area contributed by atoms with Crippen LogP contribution in [0.4, 0.5) is 5.69 Å². The molecular weight excluding hydrogens is 1010 g/mol. The molecule has 3 N–H and O–H groups in total. The summed E-state index contributed by atoms with van der Waals surface area (Å²) in [6.45, 7) is 9.17. The van der Waals surface area contributed by atoms with Gasteiger partial charge in [0.05, 0.1) is 46.1 Å². The monoisotopic (exact) mass is 1070 g/mol. The number of nitrogens with zero attached hydrogens (tertiary/aromatic N) is 6. The van der Waals surface area contributed by atoms with E-state index in [0.717, 1.165) is 22.2 Å². The first kappa shape index (κ1) is 50.7. The Kier molecular flexibility index (Phi) is 12.5. The van der Waals surface area contributed by atoms with Crippen molar-refractivity contribution in [2.24, 2.45) is 5.92 Å². The molecule has 10 rings (SSSR count). The Bertz CT molecular complexity index is 3500. The van der Waals surface area contributed by atoms with E-state index in [1.807, 2.05) is 52.0 Å². The first-order valence-electron chi connectivity index (χ1n) is 24.4. The van der Waals surface area contributed by atoms with E-state index in [1.54, 1.807) is 26.4 Å². The summed E-state index contributed by atoms with van der Waals surface area (Å²) in [6.07, 6.45) is 9.66.